The molecule has 102 valence electrons. The van der Waals surface area contributed by atoms with E-state index in [2.05, 4.69) is 15.4 Å². The second-order valence-electron chi connectivity index (χ2n) is 4.32. The first-order valence-corrected chi connectivity index (χ1v) is 6.41. The first-order chi connectivity index (χ1) is 9.11. The normalized spacial score (nSPS) is 18.1. The van der Waals surface area contributed by atoms with Crippen LogP contribution in [0.4, 0.5) is 5.69 Å². The average molecular weight is 283 g/mol. The topological polar surface area (TPSA) is 67.4 Å². The van der Waals surface area contributed by atoms with Crippen LogP contribution in [0.25, 0.3) is 0 Å². The number of carbonyl (C=O) groups excluding carboxylic acids is 2. The molecule has 0 radical (unpaired) electrons. The van der Waals surface area contributed by atoms with Gasteiger partial charge in [0.1, 0.15) is 0 Å². The van der Waals surface area contributed by atoms with Crippen LogP contribution in [0.15, 0.2) is 18.2 Å². The minimum Gasteiger partial charge on any atom is -0.465 e. The molecule has 0 saturated carbocycles. The maximum absolute atomic E-state index is 12.0. The van der Waals surface area contributed by atoms with E-state index in [0.717, 1.165) is 19.4 Å². The van der Waals surface area contributed by atoms with Gasteiger partial charge in [-0.25, -0.2) is 4.79 Å². The van der Waals surface area contributed by atoms with Gasteiger partial charge in [-0.05, 0) is 37.6 Å². The highest BCUT2D eigenvalue weighted by atomic mass is 35.5. The number of amides is 1. The van der Waals surface area contributed by atoms with E-state index in [9.17, 15) is 9.59 Å². The molecule has 2 N–H and O–H groups in total. The Morgan fingerprint density at radius 2 is 2.26 bits per heavy atom. The van der Waals surface area contributed by atoms with E-state index in [-0.39, 0.29) is 17.5 Å². The Morgan fingerprint density at radius 1 is 1.47 bits per heavy atom. The quantitative estimate of drug-likeness (QED) is 0.830. The summed E-state index contributed by atoms with van der Waals surface area (Å²) < 4.78 is 4.67. The number of hydrogen-bond donors (Lipinski definition) is 2. The number of nitrogens with one attached hydrogen (secondary N) is 2. The number of halogens is 1. The zero-order chi connectivity index (χ0) is 13.8. The molecular weight excluding hydrogens is 268 g/mol. The van der Waals surface area contributed by atoms with Crippen molar-refractivity contribution in [1.82, 2.24) is 5.32 Å². The van der Waals surface area contributed by atoms with Gasteiger partial charge in [0.2, 0.25) is 5.91 Å². The molecular formula is C13H15ClN2O3. The Bertz CT molecular complexity index is 499. The SMILES string of the molecule is COC(=O)c1cc(Cl)ccc1NC(=O)[C@@H]1CCCN1. The van der Waals surface area contributed by atoms with Crippen LogP contribution in [0.1, 0.15) is 23.2 Å². The number of carbonyl (C=O) groups is 2. The van der Waals surface area contributed by atoms with Crippen molar-refractivity contribution in [3.63, 3.8) is 0 Å². The van der Waals surface area contributed by atoms with E-state index in [1.807, 2.05) is 0 Å². The van der Waals surface area contributed by atoms with Gasteiger partial charge in [-0.3, -0.25) is 4.79 Å². The van der Waals surface area contributed by atoms with Crippen molar-refractivity contribution in [1.29, 1.82) is 0 Å². The molecule has 1 aromatic rings. The van der Waals surface area contributed by atoms with Crippen LogP contribution in [-0.4, -0.2) is 31.6 Å². The summed E-state index contributed by atoms with van der Waals surface area (Å²) in [7, 11) is 1.29. The summed E-state index contributed by atoms with van der Waals surface area (Å²) in [5.41, 5.74) is 0.663. The number of methoxy groups -OCH3 is 1. The third-order valence-electron chi connectivity index (χ3n) is 3.02. The molecule has 1 aliphatic heterocycles. The molecule has 0 bridgehead atoms. The lowest BCUT2D eigenvalue weighted by molar-refractivity contribution is -0.117. The van der Waals surface area contributed by atoms with Crippen LogP contribution < -0.4 is 10.6 Å². The average Bonchev–Trinajstić information content (AvgIpc) is 2.94. The van der Waals surface area contributed by atoms with Gasteiger partial charge in [-0.1, -0.05) is 11.6 Å². The third kappa shape index (κ3) is 3.24. The van der Waals surface area contributed by atoms with E-state index in [1.165, 1.54) is 13.2 Å². The lowest BCUT2D eigenvalue weighted by Gasteiger charge is -2.13. The maximum atomic E-state index is 12.0. The van der Waals surface area contributed by atoms with Gasteiger partial charge in [0.05, 0.1) is 24.4 Å². The van der Waals surface area contributed by atoms with E-state index in [0.29, 0.717) is 10.7 Å². The molecule has 5 nitrogen and oxygen atoms in total. The molecule has 1 atom stereocenters. The van der Waals surface area contributed by atoms with Crippen molar-refractivity contribution in [2.75, 3.05) is 19.0 Å². The lowest BCUT2D eigenvalue weighted by Crippen LogP contribution is -2.35. The zero-order valence-corrected chi connectivity index (χ0v) is 11.3. The van der Waals surface area contributed by atoms with Crippen LogP contribution in [-0.2, 0) is 9.53 Å². The number of benzene rings is 1. The number of esters is 1. The van der Waals surface area contributed by atoms with E-state index in [1.54, 1.807) is 12.1 Å². The standard InChI is InChI=1S/C13H15ClN2O3/c1-19-13(18)9-7-8(14)4-5-10(9)16-12(17)11-3-2-6-15-11/h4-5,7,11,15H,2-3,6H2,1H3,(H,16,17)/t11-/m0/s1. The van der Waals surface area contributed by atoms with Crippen molar-refractivity contribution in [2.45, 2.75) is 18.9 Å². The number of hydrogen-bond acceptors (Lipinski definition) is 4. The molecule has 0 spiro atoms. The molecule has 1 aromatic carbocycles. The Hall–Kier alpha value is -1.59. The highest BCUT2D eigenvalue weighted by Crippen LogP contribution is 2.22. The van der Waals surface area contributed by atoms with Crippen LogP contribution >= 0.6 is 11.6 Å². The molecule has 6 heteroatoms. The molecule has 0 aromatic heterocycles. The molecule has 1 aliphatic rings. The number of rotatable bonds is 3. The molecule has 0 unspecified atom stereocenters. The van der Waals surface area contributed by atoms with Gasteiger partial charge >= 0.3 is 5.97 Å². The fraction of sp³-hybridized carbons (Fsp3) is 0.385. The highest BCUT2D eigenvalue weighted by Gasteiger charge is 2.23. The van der Waals surface area contributed by atoms with Crippen LogP contribution in [0.5, 0.6) is 0 Å². The number of ether oxygens (including phenoxy) is 1. The summed E-state index contributed by atoms with van der Waals surface area (Å²) in [6, 6.07) is 4.49. The highest BCUT2D eigenvalue weighted by molar-refractivity contribution is 6.31. The minimum absolute atomic E-state index is 0.148. The predicted octanol–water partition coefficient (Wildman–Crippen LogP) is 1.82. The van der Waals surface area contributed by atoms with Gasteiger partial charge in [0.25, 0.3) is 0 Å². The fourth-order valence-corrected chi connectivity index (χ4v) is 2.20. The Labute approximate surface area is 116 Å². The van der Waals surface area contributed by atoms with Crippen LogP contribution in [0.2, 0.25) is 5.02 Å². The monoisotopic (exact) mass is 282 g/mol. The van der Waals surface area contributed by atoms with Gasteiger partial charge < -0.3 is 15.4 Å². The van der Waals surface area contributed by atoms with Gasteiger partial charge in [-0.15, -0.1) is 0 Å². The van der Waals surface area contributed by atoms with Crippen molar-refractivity contribution in [2.24, 2.45) is 0 Å². The maximum Gasteiger partial charge on any atom is 0.340 e. The summed E-state index contributed by atoms with van der Waals surface area (Å²) in [6.07, 6.45) is 1.77. The molecule has 1 heterocycles. The van der Waals surface area contributed by atoms with E-state index in [4.69, 9.17) is 11.6 Å². The first kappa shape index (κ1) is 13.8. The van der Waals surface area contributed by atoms with Crippen molar-refractivity contribution in [3.05, 3.63) is 28.8 Å². The summed E-state index contributed by atoms with van der Waals surface area (Å²) >= 11 is 5.85. The summed E-state index contributed by atoms with van der Waals surface area (Å²) in [6.45, 7) is 0.836. The molecule has 1 amide bonds. The first-order valence-electron chi connectivity index (χ1n) is 6.04. The zero-order valence-electron chi connectivity index (χ0n) is 10.5. The summed E-state index contributed by atoms with van der Waals surface area (Å²) in [5.74, 6) is -0.679. The predicted molar refractivity (Wildman–Crippen MR) is 72.4 cm³/mol. The van der Waals surface area contributed by atoms with Crippen molar-refractivity contribution in [3.8, 4) is 0 Å². The van der Waals surface area contributed by atoms with Gasteiger partial charge in [-0.2, -0.15) is 0 Å². The van der Waals surface area contributed by atoms with Gasteiger partial charge in [0, 0.05) is 5.02 Å². The molecule has 1 fully saturated rings. The molecule has 19 heavy (non-hydrogen) atoms. The largest absolute Gasteiger partial charge is 0.465 e. The summed E-state index contributed by atoms with van der Waals surface area (Å²) in [5, 5.41) is 6.24. The number of anilines is 1. The Morgan fingerprint density at radius 3 is 2.89 bits per heavy atom. The Kier molecular flexibility index (Phi) is 4.39. The lowest BCUT2D eigenvalue weighted by atomic mass is 10.1. The van der Waals surface area contributed by atoms with E-state index >= 15 is 0 Å². The van der Waals surface area contributed by atoms with Crippen molar-refractivity contribution < 1.29 is 14.3 Å². The Balaban J connectivity index is 2.19. The fourth-order valence-electron chi connectivity index (χ4n) is 2.03. The minimum atomic E-state index is -0.530. The second-order valence-corrected chi connectivity index (χ2v) is 4.76. The van der Waals surface area contributed by atoms with Crippen LogP contribution in [0, 0.1) is 0 Å². The van der Waals surface area contributed by atoms with Crippen LogP contribution in [0.3, 0.4) is 0 Å². The molecule has 1 saturated heterocycles. The second kappa shape index (κ2) is 6.04. The third-order valence-corrected chi connectivity index (χ3v) is 3.26. The smallest absolute Gasteiger partial charge is 0.340 e. The van der Waals surface area contributed by atoms with E-state index < -0.39 is 5.97 Å². The van der Waals surface area contributed by atoms with Crippen molar-refractivity contribution >= 4 is 29.2 Å². The summed E-state index contributed by atoms with van der Waals surface area (Å²) in [4.78, 5) is 23.6. The molecule has 2 rings (SSSR count). The van der Waals surface area contributed by atoms with Gasteiger partial charge in [0.15, 0.2) is 0 Å². The molecule has 0 aliphatic carbocycles.